The number of nitrogens with zero attached hydrogens (tertiary/aromatic N) is 3. The number of hydrogen-bond donors (Lipinski definition) is 2. The van der Waals surface area contributed by atoms with E-state index in [0.29, 0.717) is 18.4 Å². The van der Waals surface area contributed by atoms with Crippen LogP contribution in [0.3, 0.4) is 0 Å². The van der Waals surface area contributed by atoms with Crippen LogP contribution in [0, 0.1) is 11.8 Å². The standard InChI is InChI=1S/C29H47N5O3/c1-5-33-14-16-34(17-15-33)26-11-9-25(10-12-26)31-28-13-7-22(20-30-28)6-8-23-18-24(29(35)32-37-4)19-27(36-3)21(23)2/h11,13,20,22,24-25,27,31H,5-10,12,14-19H2,1-4H3,(H,32,35)/t22-,24+,25+,27+/m0/s1. The Morgan fingerprint density at radius 1 is 1.16 bits per heavy atom. The molecule has 8 heteroatoms. The van der Waals surface area contributed by atoms with E-state index in [-0.39, 0.29) is 17.9 Å². The number of piperazine rings is 1. The predicted molar refractivity (Wildman–Crippen MR) is 148 cm³/mol. The number of hydrogen-bond acceptors (Lipinski definition) is 7. The number of carbonyl (C=O) groups excluding carboxylic acids is 1. The maximum absolute atomic E-state index is 12.4. The quantitative estimate of drug-likeness (QED) is 0.342. The average molecular weight is 514 g/mol. The Hall–Kier alpha value is -2.16. The van der Waals surface area contributed by atoms with E-state index in [2.05, 4.69) is 52.8 Å². The van der Waals surface area contributed by atoms with Crippen molar-refractivity contribution in [3.8, 4) is 0 Å². The number of amides is 1. The van der Waals surface area contributed by atoms with Gasteiger partial charge in [0.15, 0.2) is 0 Å². The Bertz CT molecular complexity index is 903. The van der Waals surface area contributed by atoms with Crippen molar-refractivity contribution in [1.82, 2.24) is 20.6 Å². The Balaban J connectivity index is 1.21. The number of allylic oxidation sites excluding steroid dienone is 3. The molecule has 206 valence electrons. The third-order valence-electron chi connectivity index (χ3n) is 8.71. The van der Waals surface area contributed by atoms with Crippen LogP contribution >= 0.6 is 0 Å². The van der Waals surface area contributed by atoms with Gasteiger partial charge in [0.1, 0.15) is 5.82 Å². The van der Waals surface area contributed by atoms with Gasteiger partial charge in [-0.3, -0.25) is 9.63 Å². The molecule has 0 aromatic carbocycles. The van der Waals surface area contributed by atoms with Crippen LogP contribution in [0.5, 0.6) is 0 Å². The van der Waals surface area contributed by atoms with E-state index in [1.807, 2.05) is 0 Å². The molecular weight excluding hydrogens is 466 g/mol. The van der Waals surface area contributed by atoms with Crippen LogP contribution in [-0.2, 0) is 14.4 Å². The maximum Gasteiger partial charge on any atom is 0.247 e. The Kier molecular flexibility index (Phi) is 10.2. The highest BCUT2D eigenvalue weighted by Gasteiger charge is 2.31. The summed E-state index contributed by atoms with van der Waals surface area (Å²) in [4.78, 5) is 27.1. The van der Waals surface area contributed by atoms with Crippen molar-refractivity contribution in [3.05, 3.63) is 34.8 Å². The van der Waals surface area contributed by atoms with Gasteiger partial charge in [0, 0.05) is 57.2 Å². The first kappa shape index (κ1) is 27.9. The SMILES string of the molecule is CCN1CCN(C2=CC[C@@H](NC3=CC[C@H](CCC4=C(C)[C@H](OC)C[C@H](C(=O)NOC)C4)C=N3)CC2)CC1. The van der Waals surface area contributed by atoms with Gasteiger partial charge < -0.3 is 19.9 Å². The van der Waals surface area contributed by atoms with Gasteiger partial charge >= 0.3 is 0 Å². The predicted octanol–water partition coefficient (Wildman–Crippen LogP) is 3.78. The molecule has 1 amide bonds. The van der Waals surface area contributed by atoms with E-state index in [9.17, 15) is 4.79 Å². The number of methoxy groups -OCH3 is 1. The molecule has 0 spiro atoms. The summed E-state index contributed by atoms with van der Waals surface area (Å²) in [7, 11) is 3.21. The summed E-state index contributed by atoms with van der Waals surface area (Å²) in [5.74, 6) is 1.29. The third-order valence-corrected chi connectivity index (χ3v) is 8.71. The smallest absolute Gasteiger partial charge is 0.247 e. The molecule has 4 rings (SSSR count). The lowest BCUT2D eigenvalue weighted by molar-refractivity contribution is -0.136. The lowest BCUT2D eigenvalue weighted by Crippen LogP contribution is -2.46. The van der Waals surface area contributed by atoms with Gasteiger partial charge in [-0.05, 0) is 82.4 Å². The van der Waals surface area contributed by atoms with Crippen molar-refractivity contribution >= 4 is 12.1 Å². The van der Waals surface area contributed by atoms with Crippen molar-refractivity contribution in [2.45, 2.75) is 77.4 Å². The third kappa shape index (κ3) is 7.45. The first-order valence-electron chi connectivity index (χ1n) is 14.2. The lowest BCUT2D eigenvalue weighted by atomic mass is 9.79. The van der Waals surface area contributed by atoms with Gasteiger partial charge in [-0.2, -0.15) is 0 Å². The first-order chi connectivity index (χ1) is 18.0. The monoisotopic (exact) mass is 513 g/mol. The highest BCUT2D eigenvalue weighted by Crippen LogP contribution is 2.35. The molecule has 4 atom stereocenters. The molecule has 8 nitrogen and oxygen atoms in total. The minimum atomic E-state index is -0.106. The molecule has 0 unspecified atom stereocenters. The molecule has 2 heterocycles. The van der Waals surface area contributed by atoms with Gasteiger partial charge in [-0.15, -0.1) is 0 Å². The summed E-state index contributed by atoms with van der Waals surface area (Å²) in [6.45, 7) is 10.3. The molecular formula is C29H47N5O3. The van der Waals surface area contributed by atoms with Gasteiger partial charge in [0.2, 0.25) is 5.91 Å². The van der Waals surface area contributed by atoms with Gasteiger partial charge in [0.05, 0.1) is 13.2 Å². The molecule has 2 N–H and O–H groups in total. The number of likely N-dealkylation sites (N-methyl/N-ethyl adjacent to an activating group) is 1. The number of nitrogens with one attached hydrogen (secondary N) is 2. The van der Waals surface area contributed by atoms with Gasteiger partial charge in [-0.25, -0.2) is 10.5 Å². The number of aliphatic imine (C=N–C) groups is 1. The highest BCUT2D eigenvalue weighted by molar-refractivity contribution is 5.78. The van der Waals surface area contributed by atoms with Crippen LogP contribution in [0.2, 0.25) is 0 Å². The highest BCUT2D eigenvalue weighted by atomic mass is 16.6. The maximum atomic E-state index is 12.4. The van der Waals surface area contributed by atoms with E-state index in [0.717, 1.165) is 64.0 Å². The van der Waals surface area contributed by atoms with Crippen LogP contribution in [0.1, 0.15) is 65.2 Å². The van der Waals surface area contributed by atoms with Crippen molar-refractivity contribution < 1.29 is 14.4 Å². The van der Waals surface area contributed by atoms with Crippen molar-refractivity contribution in [2.24, 2.45) is 16.8 Å². The zero-order valence-electron chi connectivity index (χ0n) is 23.3. The molecule has 37 heavy (non-hydrogen) atoms. The topological polar surface area (TPSA) is 78.4 Å². The van der Waals surface area contributed by atoms with E-state index in [1.54, 1.807) is 12.8 Å². The van der Waals surface area contributed by atoms with Crippen LogP contribution in [0.4, 0.5) is 0 Å². The zero-order valence-corrected chi connectivity index (χ0v) is 23.3. The van der Waals surface area contributed by atoms with Crippen molar-refractivity contribution in [1.29, 1.82) is 0 Å². The van der Waals surface area contributed by atoms with E-state index in [1.165, 1.54) is 37.8 Å². The summed E-state index contributed by atoms with van der Waals surface area (Å²) < 4.78 is 5.69. The molecule has 2 aliphatic carbocycles. The van der Waals surface area contributed by atoms with E-state index in [4.69, 9.17) is 14.6 Å². The van der Waals surface area contributed by atoms with Gasteiger partial charge in [-0.1, -0.05) is 18.6 Å². The molecule has 0 aromatic rings. The Morgan fingerprint density at radius 2 is 1.97 bits per heavy atom. The number of ether oxygens (including phenoxy) is 1. The van der Waals surface area contributed by atoms with Crippen molar-refractivity contribution in [2.75, 3.05) is 46.9 Å². The zero-order chi connectivity index (χ0) is 26.2. The van der Waals surface area contributed by atoms with Crippen LogP contribution in [-0.4, -0.2) is 81.0 Å². The second-order valence-corrected chi connectivity index (χ2v) is 11.0. The molecule has 1 saturated heterocycles. The molecule has 0 bridgehead atoms. The summed E-state index contributed by atoms with van der Waals surface area (Å²) in [6, 6.07) is 0.469. The van der Waals surface area contributed by atoms with Crippen molar-refractivity contribution in [3.63, 3.8) is 0 Å². The second-order valence-electron chi connectivity index (χ2n) is 11.0. The molecule has 0 saturated carbocycles. The first-order valence-corrected chi connectivity index (χ1v) is 14.2. The summed E-state index contributed by atoms with van der Waals surface area (Å²) >= 11 is 0. The lowest BCUT2D eigenvalue weighted by Gasteiger charge is -2.38. The molecule has 0 aromatic heterocycles. The Labute approximate surface area is 223 Å². The fourth-order valence-electron chi connectivity index (χ4n) is 6.17. The average Bonchev–Trinajstić information content (AvgIpc) is 2.94. The normalized spacial score (nSPS) is 29.1. The fourth-order valence-corrected chi connectivity index (χ4v) is 6.17. The van der Waals surface area contributed by atoms with Crippen LogP contribution < -0.4 is 10.8 Å². The molecule has 2 aliphatic heterocycles. The molecule has 0 radical (unpaired) electrons. The number of hydroxylamine groups is 1. The second kappa shape index (κ2) is 13.6. The minimum absolute atomic E-state index is 0.00177. The van der Waals surface area contributed by atoms with E-state index < -0.39 is 0 Å². The summed E-state index contributed by atoms with van der Waals surface area (Å²) in [5.41, 5.74) is 6.67. The van der Waals surface area contributed by atoms with Crippen LogP contribution in [0.25, 0.3) is 0 Å². The summed E-state index contributed by atoms with van der Waals surface area (Å²) in [5, 5.41) is 3.68. The van der Waals surface area contributed by atoms with E-state index >= 15 is 0 Å². The largest absolute Gasteiger partial charge is 0.377 e. The minimum Gasteiger partial charge on any atom is -0.377 e. The number of rotatable bonds is 10. The van der Waals surface area contributed by atoms with Gasteiger partial charge in [0.25, 0.3) is 0 Å². The molecule has 1 fully saturated rings. The molecule has 4 aliphatic rings. The Morgan fingerprint density at radius 3 is 2.59 bits per heavy atom. The van der Waals surface area contributed by atoms with Crippen LogP contribution in [0.15, 0.2) is 39.8 Å². The fraction of sp³-hybridized carbons (Fsp3) is 0.724. The number of carbonyl (C=O) groups is 1. The summed E-state index contributed by atoms with van der Waals surface area (Å²) in [6.07, 6.45) is 14.7.